The Balaban J connectivity index is 2.16. The van der Waals surface area contributed by atoms with E-state index in [1.54, 1.807) is 4.31 Å². The van der Waals surface area contributed by atoms with Gasteiger partial charge in [0.25, 0.3) is 5.91 Å². The lowest BCUT2D eigenvalue weighted by atomic mass is 10.1. The first kappa shape index (κ1) is 9.12. The second-order valence-electron chi connectivity index (χ2n) is 3.11. The molecule has 0 saturated carbocycles. The first-order chi connectivity index (χ1) is 6.20. The smallest absolute Gasteiger partial charge is 0.257 e. The Morgan fingerprint density at radius 1 is 1.46 bits per heavy atom. The molecule has 3 nitrogen and oxygen atoms in total. The molecule has 2 aliphatic rings. The van der Waals surface area contributed by atoms with Gasteiger partial charge in [0.05, 0.1) is 0 Å². The Bertz CT molecular complexity index is 260. The molecule has 0 amide bonds. The number of hydrogen-bond acceptors (Lipinski definition) is 4. The average Bonchev–Trinajstić information content (AvgIpc) is 2.47. The van der Waals surface area contributed by atoms with Crippen molar-refractivity contribution in [2.45, 2.75) is 18.8 Å². The van der Waals surface area contributed by atoms with E-state index in [-0.39, 0.29) is 0 Å². The van der Waals surface area contributed by atoms with Crippen LogP contribution in [-0.2, 0) is 0 Å². The topological polar surface area (TPSA) is 43.7 Å². The van der Waals surface area contributed by atoms with E-state index in [1.807, 2.05) is 24.6 Å². The maximum absolute atomic E-state index is 9.58. The predicted molar refractivity (Wildman–Crippen MR) is 52.2 cm³/mol. The molecular formula is C9H12NO2S. The largest absolute Gasteiger partial charge is 0.348 e. The molecule has 1 radical (unpaired) electrons. The van der Waals surface area contributed by atoms with Crippen LogP contribution in [0.25, 0.3) is 0 Å². The highest BCUT2D eigenvalue weighted by atomic mass is 32.2. The van der Waals surface area contributed by atoms with Gasteiger partial charge in [0, 0.05) is 17.9 Å². The zero-order chi connectivity index (χ0) is 9.31. The number of aliphatic hydroxyl groups is 2. The second-order valence-corrected chi connectivity index (χ2v) is 4.14. The summed E-state index contributed by atoms with van der Waals surface area (Å²) in [5.74, 6) is -0.917. The molecule has 13 heavy (non-hydrogen) atoms. The summed E-state index contributed by atoms with van der Waals surface area (Å²) in [5.41, 5.74) is 0.884. The van der Waals surface area contributed by atoms with Gasteiger partial charge < -0.3 is 10.2 Å². The van der Waals surface area contributed by atoms with Crippen LogP contribution >= 0.6 is 11.9 Å². The fraction of sp³-hybridized carbons (Fsp3) is 0.444. The summed E-state index contributed by atoms with van der Waals surface area (Å²) in [6.07, 6.45) is 9.10. The van der Waals surface area contributed by atoms with Gasteiger partial charge in [-0.25, -0.2) is 0 Å². The Hall–Kier alpha value is -0.450. The number of hydrogen-bond donors (Lipinski definition) is 2. The van der Waals surface area contributed by atoms with E-state index in [0.29, 0.717) is 6.42 Å². The minimum Gasteiger partial charge on any atom is -0.348 e. The lowest BCUT2D eigenvalue weighted by molar-refractivity contribution is -0.213. The average molecular weight is 198 g/mol. The summed E-state index contributed by atoms with van der Waals surface area (Å²) < 4.78 is 1.57. The highest BCUT2D eigenvalue weighted by Gasteiger charge is 2.38. The third kappa shape index (κ3) is 1.75. The maximum atomic E-state index is 9.58. The quantitative estimate of drug-likeness (QED) is 0.488. The highest BCUT2D eigenvalue weighted by molar-refractivity contribution is 7.97. The molecule has 0 spiro atoms. The van der Waals surface area contributed by atoms with E-state index in [2.05, 4.69) is 0 Å². The number of allylic oxidation sites excluding steroid dienone is 3. The molecule has 0 unspecified atom stereocenters. The summed E-state index contributed by atoms with van der Waals surface area (Å²) in [7, 11) is 0. The van der Waals surface area contributed by atoms with Gasteiger partial charge in [-0.05, 0) is 30.9 Å². The zero-order valence-corrected chi connectivity index (χ0v) is 8.00. The summed E-state index contributed by atoms with van der Waals surface area (Å²) in [6, 6.07) is 0. The van der Waals surface area contributed by atoms with Crippen LogP contribution in [0.15, 0.2) is 23.9 Å². The van der Waals surface area contributed by atoms with Crippen molar-refractivity contribution in [3.05, 3.63) is 30.3 Å². The van der Waals surface area contributed by atoms with Crippen molar-refractivity contribution < 1.29 is 10.2 Å². The molecule has 0 bridgehead atoms. The van der Waals surface area contributed by atoms with Crippen molar-refractivity contribution in [2.24, 2.45) is 0 Å². The molecule has 0 atom stereocenters. The SMILES string of the molecule is OC1(O)CCSN1C1=CC[CH]C=C1. The molecule has 1 heterocycles. The van der Waals surface area contributed by atoms with Crippen molar-refractivity contribution in [3.63, 3.8) is 0 Å². The standard InChI is InChI=1S/C9H12NO2S/c11-9(12)6-7-13-10(9)8-4-2-1-3-5-8/h1-2,4-5,11-12H,3,6-7H2. The minimum absolute atomic E-state index is 0.395. The summed E-state index contributed by atoms with van der Waals surface area (Å²) in [6.45, 7) is 0. The molecule has 2 rings (SSSR count). The van der Waals surface area contributed by atoms with E-state index in [9.17, 15) is 10.2 Å². The fourth-order valence-corrected chi connectivity index (χ4v) is 2.54. The Kier molecular flexibility index (Phi) is 2.36. The lowest BCUT2D eigenvalue weighted by Crippen LogP contribution is -2.39. The van der Waals surface area contributed by atoms with E-state index in [1.165, 1.54) is 11.9 Å². The van der Waals surface area contributed by atoms with Crippen LogP contribution in [0.4, 0.5) is 0 Å². The van der Waals surface area contributed by atoms with Gasteiger partial charge in [-0.2, -0.15) is 0 Å². The molecule has 0 aromatic heterocycles. The van der Waals surface area contributed by atoms with Gasteiger partial charge >= 0.3 is 0 Å². The van der Waals surface area contributed by atoms with Crippen molar-refractivity contribution in [1.29, 1.82) is 0 Å². The van der Waals surface area contributed by atoms with Crippen molar-refractivity contribution in [1.82, 2.24) is 4.31 Å². The molecule has 1 fully saturated rings. The molecular weight excluding hydrogens is 186 g/mol. The molecule has 0 aromatic rings. The Morgan fingerprint density at radius 2 is 2.31 bits per heavy atom. The molecule has 2 N–H and O–H groups in total. The molecule has 4 heteroatoms. The Morgan fingerprint density at radius 3 is 2.85 bits per heavy atom. The summed E-state index contributed by atoms with van der Waals surface area (Å²) in [5, 5.41) is 19.2. The van der Waals surface area contributed by atoms with Gasteiger partial charge in [-0.3, -0.25) is 4.31 Å². The third-order valence-corrected chi connectivity index (χ3v) is 3.23. The number of nitrogens with zero attached hydrogens (tertiary/aromatic N) is 1. The Labute approximate surface area is 81.9 Å². The highest BCUT2D eigenvalue weighted by Crippen LogP contribution is 2.37. The first-order valence-electron chi connectivity index (χ1n) is 4.28. The van der Waals surface area contributed by atoms with Gasteiger partial charge in [-0.15, -0.1) is 0 Å². The van der Waals surface area contributed by atoms with E-state index in [4.69, 9.17) is 0 Å². The van der Waals surface area contributed by atoms with E-state index in [0.717, 1.165) is 17.9 Å². The maximum Gasteiger partial charge on any atom is 0.257 e. The second kappa shape index (κ2) is 3.36. The molecule has 1 aliphatic heterocycles. The van der Waals surface area contributed by atoms with Crippen LogP contribution in [-0.4, -0.2) is 26.2 Å². The zero-order valence-electron chi connectivity index (χ0n) is 7.18. The summed E-state index contributed by atoms with van der Waals surface area (Å²) >= 11 is 1.46. The van der Waals surface area contributed by atoms with Gasteiger partial charge in [0.2, 0.25) is 0 Å². The lowest BCUT2D eigenvalue weighted by Gasteiger charge is -2.29. The first-order valence-corrected chi connectivity index (χ1v) is 5.22. The van der Waals surface area contributed by atoms with Crippen LogP contribution in [0.5, 0.6) is 0 Å². The van der Waals surface area contributed by atoms with Crippen molar-refractivity contribution in [2.75, 3.05) is 5.75 Å². The molecule has 1 saturated heterocycles. The van der Waals surface area contributed by atoms with Gasteiger partial charge in [-0.1, -0.05) is 12.2 Å². The van der Waals surface area contributed by atoms with E-state index >= 15 is 0 Å². The minimum atomic E-state index is -1.67. The van der Waals surface area contributed by atoms with Crippen LogP contribution in [0.1, 0.15) is 12.8 Å². The predicted octanol–water partition coefficient (Wildman–Crippen LogP) is 1.03. The molecule has 1 aliphatic carbocycles. The van der Waals surface area contributed by atoms with E-state index < -0.39 is 5.91 Å². The molecule has 71 valence electrons. The third-order valence-electron chi connectivity index (χ3n) is 2.08. The molecule has 0 aromatic carbocycles. The van der Waals surface area contributed by atoms with Crippen molar-refractivity contribution in [3.8, 4) is 0 Å². The normalized spacial score (nSPS) is 26.3. The van der Waals surface area contributed by atoms with Crippen LogP contribution in [0.2, 0.25) is 0 Å². The van der Waals surface area contributed by atoms with Gasteiger partial charge in [0.15, 0.2) is 0 Å². The van der Waals surface area contributed by atoms with Gasteiger partial charge in [0.1, 0.15) is 0 Å². The summed E-state index contributed by atoms with van der Waals surface area (Å²) in [4.78, 5) is 0. The van der Waals surface area contributed by atoms with Crippen molar-refractivity contribution >= 4 is 11.9 Å². The number of rotatable bonds is 1. The fourth-order valence-electron chi connectivity index (χ4n) is 1.41. The monoisotopic (exact) mass is 198 g/mol. The van der Waals surface area contributed by atoms with Crippen LogP contribution in [0.3, 0.4) is 0 Å². The van der Waals surface area contributed by atoms with Crippen LogP contribution in [0, 0.1) is 6.42 Å². The van der Waals surface area contributed by atoms with Crippen LogP contribution < -0.4 is 0 Å².